The van der Waals surface area contributed by atoms with E-state index < -0.39 is 0 Å². The number of carbonyl (C=O) groups is 1. The molecule has 0 aliphatic carbocycles. The number of amides is 1. The molecule has 4 heteroatoms. The molecular weight excluding hydrogens is 276 g/mol. The van der Waals surface area contributed by atoms with Crippen LogP contribution in [0.15, 0.2) is 18.2 Å². The van der Waals surface area contributed by atoms with Crippen LogP contribution in [0.1, 0.15) is 35.2 Å². The van der Waals surface area contributed by atoms with Gasteiger partial charge in [0.25, 0.3) is 5.91 Å². The number of benzene rings is 1. The van der Waals surface area contributed by atoms with Gasteiger partial charge >= 0.3 is 0 Å². The van der Waals surface area contributed by atoms with Gasteiger partial charge in [-0.05, 0) is 63.5 Å². The quantitative estimate of drug-likeness (QED) is 0.842. The van der Waals surface area contributed by atoms with Crippen LogP contribution >= 0.6 is 0 Å². The summed E-state index contributed by atoms with van der Waals surface area (Å²) < 4.78 is 5.23. The largest absolute Gasteiger partial charge is 0.497 e. The molecule has 0 unspecified atom stereocenters. The smallest absolute Gasteiger partial charge is 0.254 e. The van der Waals surface area contributed by atoms with Crippen LogP contribution < -0.4 is 4.74 Å². The fourth-order valence-corrected chi connectivity index (χ4v) is 4.05. The summed E-state index contributed by atoms with van der Waals surface area (Å²) in [7, 11) is 3.84. The van der Waals surface area contributed by atoms with E-state index in [2.05, 4.69) is 16.8 Å². The lowest BCUT2D eigenvalue weighted by atomic mass is 9.79. The topological polar surface area (TPSA) is 32.8 Å². The van der Waals surface area contributed by atoms with Crippen molar-refractivity contribution in [1.82, 2.24) is 9.80 Å². The van der Waals surface area contributed by atoms with Crippen molar-refractivity contribution in [3.05, 3.63) is 29.3 Å². The molecule has 1 amide bonds. The van der Waals surface area contributed by atoms with Crippen molar-refractivity contribution in [1.29, 1.82) is 0 Å². The van der Waals surface area contributed by atoms with Crippen molar-refractivity contribution in [2.45, 2.75) is 26.2 Å². The van der Waals surface area contributed by atoms with Gasteiger partial charge in [0.2, 0.25) is 0 Å². The first-order valence-corrected chi connectivity index (χ1v) is 8.15. The molecule has 2 fully saturated rings. The SMILES string of the molecule is COc1ccc(C(=O)N2CCC[C@@]3(CCN(C)C3)C2)c(C)c1. The van der Waals surface area contributed by atoms with E-state index in [0.29, 0.717) is 5.41 Å². The lowest BCUT2D eigenvalue weighted by Gasteiger charge is -2.40. The van der Waals surface area contributed by atoms with Crippen molar-refractivity contribution in [3.8, 4) is 5.75 Å². The van der Waals surface area contributed by atoms with Crippen LogP contribution in [0.3, 0.4) is 0 Å². The number of aryl methyl sites for hydroxylation is 1. The number of hydrogen-bond acceptors (Lipinski definition) is 3. The predicted molar refractivity (Wildman–Crippen MR) is 87.4 cm³/mol. The maximum atomic E-state index is 12.9. The molecule has 2 aliphatic rings. The first-order chi connectivity index (χ1) is 10.5. The van der Waals surface area contributed by atoms with Crippen molar-refractivity contribution >= 4 is 5.91 Å². The van der Waals surface area contributed by atoms with Crippen LogP contribution in [0.5, 0.6) is 5.75 Å². The summed E-state index contributed by atoms with van der Waals surface area (Å²) in [6.07, 6.45) is 3.59. The Kier molecular flexibility index (Phi) is 4.13. The summed E-state index contributed by atoms with van der Waals surface area (Å²) in [5.41, 5.74) is 2.12. The minimum absolute atomic E-state index is 0.175. The summed E-state index contributed by atoms with van der Waals surface area (Å²) in [5, 5.41) is 0. The highest BCUT2D eigenvalue weighted by molar-refractivity contribution is 5.96. The molecule has 2 saturated heterocycles. The standard InChI is InChI=1S/C18H26N2O2/c1-14-11-15(22-3)5-6-16(14)17(21)20-9-4-7-18(13-20)8-10-19(2)12-18/h5-6,11H,4,7-10,12-13H2,1-3H3/t18-/m0/s1. The average molecular weight is 302 g/mol. The second-order valence-electron chi connectivity index (χ2n) is 7.00. The van der Waals surface area contributed by atoms with E-state index in [4.69, 9.17) is 4.74 Å². The summed E-state index contributed by atoms with van der Waals surface area (Å²) >= 11 is 0. The van der Waals surface area contributed by atoms with Gasteiger partial charge in [-0.1, -0.05) is 0 Å². The van der Waals surface area contributed by atoms with E-state index >= 15 is 0 Å². The van der Waals surface area contributed by atoms with E-state index in [1.807, 2.05) is 25.1 Å². The summed E-state index contributed by atoms with van der Waals surface area (Å²) in [5.74, 6) is 0.982. The molecule has 0 aromatic heterocycles. The predicted octanol–water partition coefficient (Wildman–Crippen LogP) is 2.56. The number of piperidine rings is 1. The van der Waals surface area contributed by atoms with Crippen molar-refractivity contribution in [2.24, 2.45) is 5.41 Å². The third-order valence-electron chi connectivity index (χ3n) is 5.24. The molecule has 1 aromatic carbocycles. The number of hydrogen-bond donors (Lipinski definition) is 0. The maximum Gasteiger partial charge on any atom is 0.254 e. The molecule has 0 N–H and O–H groups in total. The molecule has 0 bridgehead atoms. The highest BCUT2D eigenvalue weighted by Crippen LogP contribution is 2.38. The molecule has 22 heavy (non-hydrogen) atoms. The molecule has 1 atom stereocenters. The van der Waals surface area contributed by atoms with Crippen LogP contribution in [0, 0.1) is 12.3 Å². The monoisotopic (exact) mass is 302 g/mol. The average Bonchev–Trinajstić information content (AvgIpc) is 2.86. The first kappa shape index (κ1) is 15.3. The van der Waals surface area contributed by atoms with Crippen molar-refractivity contribution in [3.63, 3.8) is 0 Å². The second-order valence-corrected chi connectivity index (χ2v) is 7.00. The highest BCUT2D eigenvalue weighted by atomic mass is 16.5. The number of nitrogens with zero attached hydrogens (tertiary/aromatic N) is 2. The summed E-state index contributed by atoms with van der Waals surface area (Å²) in [6.45, 7) is 6.05. The Hall–Kier alpha value is -1.55. The summed E-state index contributed by atoms with van der Waals surface area (Å²) in [6, 6.07) is 5.72. The van der Waals surface area contributed by atoms with Crippen LogP contribution in [0.25, 0.3) is 0 Å². The van der Waals surface area contributed by atoms with Crippen LogP contribution in [-0.2, 0) is 0 Å². The van der Waals surface area contributed by atoms with Crippen molar-refractivity contribution < 1.29 is 9.53 Å². The zero-order chi connectivity index (χ0) is 15.7. The second kappa shape index (κ2) is 5.92. The molecule has 0 radical (unpaired) electrons. The molecule has 120 valence electrons. The molecule has 3 rings (SSSR count). The van der Waals surface area contributed by atoms with Gasteiger partial charge in [-0.3, -0.25) is 4.79 Å². The van der Waals surface area contributed by atoms with Gasteiger partial charge in [-0.25, -0.2) is 0 Å². The zero-order valence-electron chi connectivity index (χ0n) is 13.9. The molecule has 1 aromatic rings. The van der Waals surface area contributed by atoms with Crippen molar-refractivity contribution in [2.75, 3.05) is 40.3 Å². The minimum Gasteiger partial charge on any atom is -0.497 e. The normalized spacial score (nSPS) is 25.7. The number of carbonyl (C=O) groups excluding carboxylic acids is 1. The minimum atomic E-state index is 0.175. The van der Waals surface area contributed by atoms with E-state index in [-0.39, 0.29) is 5.91 Å². The Bertz CT molecular complexity index is 568. The Morgan fingerprint density at radius 1 is 1.23 bits per heavy atom. The Labute approximate surface area is 133 Å². The van der Waals surface area contributed by atoms with Gasteiger partial charge in [0.15, 0.2) is 0 Å². The van der Waals surface area contributed by atoms with Gasteiger partial charge in [0, 0.05) is 30.6 Å². The van der Waals surface area contributed by atoms with E-state index in [1.165, 1.54) is 12.8 Å². The first-order valence-electron chi connectivity index (χ1n) is 8.15. The van der Waals surface area contributed by atoms with Crippen LogP contribution in [0.4, 0.5) is 0 Å². The maximum absolute atomic E-state index is 12.9. The van der Waals surface area contributed by atoms with Gasteiger partial charge in [-0.15, -0.1) is 0 Å². The zero-order valence-corrected chi connectivity index (χ0v) is 13.9. The molecule has 2 heterocycles. The van der Waals surface area contributed by atoms with E-state index in [0.717, 1.165) is 49.5 Å². The van der Waals surface area contributed by atoms with Gasteiger partial charge in [-0.2, -0.15) is 0 Å². The molecular formula is C18H26N2O2. The lowest BCUT2D eigenvalue weighted by molar-refractivity contribution is 0.0534. The lowest BCUT2D eigenvalue weighted by Crippen LogP contribution is -2.47. The van der Waals surface area contributed by atoms with E-state index in [1.54, 1.807) is 7.11 Å². The van der Waals surface area contributed by atoms with Gasteiger partial charge in [0.1, 0.15) is 5.75 Å². The number of rotatable bonds is 2. The molecule has 4 nitrogen and oxygen atoms in total. The fourth-order valence-electron chi connectivity index (χ4n) is 4.05. The Morgan fingerprint density at radius 3 is 2.68 bits per heavy atom. The number of ether oxygens (including phenoxy) is 1. The third kappa shape index (κ3) is 2.84. The summed E-state index contributed by atoms with van der Waals surface area (Å²) in [4.78, 5) is 17.4. The number of likely N-dealkylation sites (tertiary alicyclic amines) is 2. The molecule has 1 spiro atoms. The molecule has 2 aliphatic heterocycles. The fraction of sp³-hybridized carbons (Fsp3) is 0.611. The highest BCUT2D eigenvalue weighted by Gasteiger charge is 2.41. The van der Waals surface area contributed by atoms with Gasteiger partial charge in [0.05, 0.1) is 7.11 Å². The third-order valence-corrected chi connectivity index (χ3v) is 5.24. The molecule has 0 saturated carbocycles. The Morgan fingerprint density at radius 2 is 2.05 bits per heavy atom. The van der Waals surface area contributed by atoms with Crippen LogP contribution in [-0.4, -0.2) is 56.0 Å². The van der Waals surface area contributed by atoms with E-state index in [9.17, 15) is 4.79 Å². The Balaban J connectivity index is 1.77. The van der Waals surface area contributed by atoms with Gasteiger partial charge < -0.3 is 14.5 Å². The number of methoxy groups -OCH3 is 1. The van der Waals surface area contributed by atoms with Crippen LogP contribution in [0.2, 0.25) is 0 Å².